The molecule has 0 saturated carbocycles. The number of anilines is 1. The predicted molar refractivity (Wildman–Crippen MR) is 80.8 cm³/mol. The van der Waals surface area contributed by atoms with Gasteiger partial charge in [0.05, 0.1) is 0 Å². The number of aryl methyl sites for hydroxylation is 1. The fraction of sp³-hybridized carbons (Fsp3) is 0.533. The van der Waals surface area contributed by atoms with Crippen LogP contribution in [0.1, 0.15) is 38.0 Å². The maximum Gasteiger partial charge on any atom is 0.407 e. The average molecular weight is 296 g/mol. The number of hydrogen-bond acceptors (Lipinski definition) is 5. The number of carbonyl (C=O) groups excluding carboxylic acids is 1. The number of hydrogen-bond donors (Lipinski definition) is 4. The van der Waals surface area contributed by atoms with E-state index in [2.05, 4.69) is 5.32 Å². The minimum absolute atomic E-state index is 0.112. The lowest BCUT2D eigenvalue weighted by Crippen LogP contribution is -2.38. The quantitative estimate of drug-likeness (QED) is 0.630. The smallest absolute Gasteiger partial charge is 0.407 e. The number of alkyl carbamates (subject to hydrolysis) is 1. The van der Waals surface area contributed by atoms with Crippen molar-refractivity contribution in [2.45, 2.75) is 45.5 Å². The highest BCUT2D eigenvalue weighted by Gasteiger charge is 2.21. The number of nitrogens with one attached hydrogen (secondary N) is 1. The first-order chi connectivity index (χ1) is 9.60. The molecular formula is C15H24N2O4. The van der Waals surface area contributed by atoms with Crippen LogP contribution in [0.2, 0.25) is 0 Å². The molecule has 0 radical (unpaired) electrons. The van der Waals surface area contributed by atoms with Crippen LogP contribution in [-0.2, 0) is 4.74 Å². The Morgan fingerprint density at radius 3 is 2.52 bits per heavy atom. The summed E-state index contributed by atoms with van der Waals surface area (Å²) in [5.74, 6) is 0. The summed E-state index contributed by atoms with van der Waals surface area (Å²) >= 11 is 0. The van der Waals surface area contributed by atoms with Crippen LogP contribution < -0.4 is 11.1 Å². The molecule has 0 aliphatic rings. The molecule has 21 heavy (non-hydrogen) atoms. The number of carbonyl (C=O) groups is 1. The van der Waals surface area contributed by atoms with Gasteiger partial charge < -0.3 is 26.0 Å². The molecular weight excluding hydrogens is 272 g/mol. The van der Waals surface area contributed by atoms with Crippen LogP contribution >= 0.6 is 0 Å². The van der Waals surface area contributed by atoms with Crippen molar-refractivity contribution < 1.29 is 19.7 Å². The zero-order valence-corrected chi connectivity index (χ0v) is 12.9. The van der Waals surface area contributed by atoms with Gasteiger partial charge in [0.15, 0.2) is 0 Å². The lowest BCUT2D eigenvalue weighted by Gasteiger charge is -2.22. The summed E-state index contributed by atoms with van der Waals surface area (Å²) in [4.78, 5) is 11.5. The van der Waals surface area contributed by atoms with Crippen LogP contribution in [0.25, 0.3) is 0 Å². The summed E-state index contributed by atoms with van der Waals surface area (Å²) in [6, 6.07) is 5.02. The third-order valence-corrected chi connectivity index (χ3v) is 2.85. The Labute approximate surface area is 124 Å². The number of aliphatic hydroxyl groups is 2. The molecule has 2 atom stereocenters. The Hall–Kier alpha value is -1.79. The molecule has 0 bridgehead atoms. The highest BCUT2D eigenvalue weighted by molar-refractivity contribution is 5.67. The summed E-state index contributed by atoms with van der Waals surface area (Å²) in [5.41, 5.74) is 7.07. The van der Waals surface area contributed by atoms with Gasteiger partial charge in [0.25, 0.3) is 0 Å². The number of amides is 1. The molecule has 6 nitrogen and oxygen atoms in total. The molecule has 0 aliphatic carbocycles. The second kappa shape index (κ2) is 6.78. The Balaban J connectivity index is 2.56. The predicted octanol–water partition coefficient (Wildman–Crippen LogP) is 1.50. The third kappa shape index (κ3) is 5.61. The van der Waals surface area contributed by atoms with Gasteiger partial charge in [-0.3, -0.25) is 0 Å². The first-order valence-corrected chi connectivity index (χ1v) is 6.79. The summed E-state index contributed by atoms with van der Waals surface area (Å²) in [7, 11) is 0. The van der Waals surface area contributed by atoms with Gasteiger partial charge in [0, 0.05) is 12.2 Å². The number of ether oxygens (including phenoxy) is 1. The molecule has 0 fully saturated rings. The number of nitrogens with two attached hydrogens (primary N) is 1. The van der Waals surface area contributed by atoms with Gasteiger partial charge in [-0.05, 0) is 44.9 Å². The number of rotatable bonds is 4. The van der Waals surface area contributed by atoms with Gasteiger partial charge >= 0.3 is 6.09 Å². The standard InChI is InChI=1S/C15H24N2O4/c1-9-7-10(5-6-11(9)16)13(19)12(18)8-17-14(20)21-15(2,3)4/h5-7,12-13,18-19H,8,16H2,1-4H3,(H,17,20). The molecule has 1 aromatic rings. The number of nitrogen functional groups attached to an aromatic ring is 1. The van der Waals surface area contributed by atoms with Crippen molar-refractivity contribution in [2.24, 2.45) is 0 Å². The molecule has 1 amide bonds. The van der Waals surface area contributed by atoms with Crippen LogP contribution in [0.4, 0.5) is 10.5 Å². The van der Waals surface area contributed by atoms with Crippen molar-refractivity contribution in [2.75, 3.05) is 12.3 Å². The second-order valence-electron chi connectivity index (χ2n) is 6.01. The van der Waals surface area contributed by atoms with Crippen molar-refractivity contribution in [1.82, 2.24) is 5.32 Å². The van der Waals surface area contributed by atoms with E-state index < -0.39 is 23.9 Å². The molecule has 0 saturated heterocycles. The van der Waals surface area contributed by atoms with Crippen molar-refractivity contribution >= 4 is 11.8 Å². The lowest BCUT2D eigenvalue weighted by atomic mass is 10.0. The average Bonchev–Trinajstić information content (AvgIpc) is 2.36. The fourth-order valence-electron chi connectivity index (χ4n) is 1.72. The van der Waals surface area contributed by atoms with Gasteiger partial charge in [-0.2, -0.15) is 0 Å². The van der Waals surface area contributed by atoms with Gasteiger partial charge in [0.1, 0.15) is 17.8 Å². The summed E-state index contributed by atoms with van der Waals surface area (Å²) in [5, 5.41) is 22.4. The molecule has 0 heterocycles. The highest BCUT2D eigenvalue weighted by Crippen LogP contribution is 2.21. The van der Waals surface area contributed by atoms with Crippen molar-refractivity contribution in [3.05, 3.63) is 29.3 Å². The minimum Gasteiger partial charge on any atom is -0.444 e. The molecule has 5 N–H and O–H groups in total. The van der Waals surface area contributed by atoms with Crippen molar-refractivity contribution in [1.29, 1.82) is 0 Å². The zero-order valence-electron chi connectivity index (χ0n) is 12.9. The fourth-order valence-corrected chi connectivity index (χ4v) is 1.72. The molecule has 0 spiro atoms. The van der Waals surface area contributed by atoms with E-state index in [9.17, 15) is 15.0 Å². The topological polar surface area (TPSA) is 105 Å². The summed E-state index contributed by atoms with van der Waals surface area (Å²) in [6.07, 6.45) is -2.89. The van der Waals surface area contributed by atoms with Crippen LogP contribution in [0.5, 0.6) is 0 Å². The van der Waals surface area contributed by atoms with Gasteiger partial charge in [-0.25, -0.2) is 4.79 Å². The molecule has 1 aromatic carbocycles. The first-order valence-electron chi connectivity index (χ1n) is 6.79. The van der Waals surface area contributed by atoms with E-state index in [-0.39, 0.29) is 6.54 Å². The molecule has 0 aromatic heterocycles. The van der Waals surface area contributed by atoms with E-state index in [1.807, 2.05) is 6.92 Å². The van der Waals surface area contributed by atoms with E-state index in [4.69, 9.17) is 10.5 Å². The molecule has 0 aliphatic heterocycles. The van der Waals surface area contributed by atoms with E-state index in [1.165, 1.54) is 0 Å². The van der Waals surface area contributed by atoms with E-state index >= 15 is 0 Å². The molecule has 118 valence electrons. The Bertz CT molecular complexity index is 497. The monoisotopic (exact) mass is 296 g/mol. The zero-order chi connectivity index (χ0) is 16.2. The molecule has 1 rings (SSSR count). The van der Waals surface area contributed by atoms with Crippen molar-refractivity contribution in [3.8, 4) is 0 Å². The second-order valence-corrected chi connectivity index (χ2v) is 6.01. The van der Waals surface area contributed by atoms with Gasteiger partial charge in [-0.15, -0.1) is 0 Å². The lowest BCUT2D eigenvalue weighted by molar-refractivity contribution is 0.0129. The minimum atomic E-state index is -1.14. The Morgan fingerprint density at radius 2 is 2.00 bits per heavy atom. The highest BCUT2D eigenvalue weighted by atomic mass is 16.6. The van der Waals surface area contributed by atoms with E-state index in [0.29, 0.717) is 11.3 Å². The van der Waals surface area contributed by atoms with Crippen LogP contribution in [-0.4, -0.2) is 34.6 Å². The van der Waals surface area contributed by atoms with Crippen LogP contribution in [0, 0.1) is 6.92 Å². The third-order valence-electron chi connectivity index (χ3n) is 2.85. The van der Waals surface area contributed by atoms with Crippen LogP contribution in [0.3, 0.4) is 0 Å². The van der Waals surface area contributed by atoms with Crippen LogP contribution in [0.15, 0.2) is 18.2 Å². The summed E-state index contributed by atoms with van der Waals surface area (Å²) < 4.78 is 5.05. The van der Waals surface area contributed by atoms with Gasteiger partial charge in [0.2, 0.25) is 0 Å². The van der Waals surface area contributed by atoms with E-state index in [1.54, 1.807) is 39.0 Å². The number of benzene rings is 1. The maximum atomic E-state index is 11.5. The SMILES string of the molecule is Cc1cc(C(O)C(O)CNC(=O)OC(C)(C)C)ccc1N. The summed E-state index contributed by atoms with van der Waals surface area (Å²) in [6.45, 7) is 6.94. The number of aliphatic hydroxyl groups excluding tert-OH is 2. The van der Waals surface area contributed by atoms with E-state index in [0.717, 1.165) is 5.56 Å². The first kappa shape index (κ1) is 17.3. The van der Waals surface area contributed by atoms with Crippen molar-refractivity contribution in [3.63, 3.8) is 0 Å². The largest absolute Gasteiger partial charge is 0.444 e. The normalized spacial score (nSPS) is 14.4. The van der Waals surface area contributed by atoms with Gasteiger partial charge in [-0.1, -0.05) is 12.1 Å². The molecule has 6 heteroatoms. The Kier molecular flexibility index (Phi) is 5.57. The Morgan fingerprint density at radius 1 is 1.38 bits per heavy atom. The molecule has 2 unspecified atom stereocenters. The maximum absolute atomic E-state index is 11.5.